The smallest absolute Gasteiger partial charge is 0.227 e. The first-order valence-electron chi connectivity index (χ1n) is 9.64. The second-order valence-electron chi connectivity index (χ2n) is 8.11. The van der Waals surface area contributed by atoms with Crippen LogP contribution in [0.5, 0.6) is 0 Å². The lowest BCUT2D eigenvalue weighted by atomic mass is 9.81. The molecule has 2 aromatic rings. The van der Waals surface area contributed by atoms with Gasteiger partial charge in [0.1, 0.15) is 5.82 Å². The predicted octanol–water partition coefficient (Wildman–Crippen LogP) is 3.04. The number of nitrogens with zero attached hydrogens (tertiary/aromatic N) is 4. The summed E-state index contributed by atoms with van der Waals surface area (Å²) in [5, 5.41) is 14.2. The van der Waals surface area contributed by atoms with E-state index in [1.165, 1.54) is 31.4 Å². The van der Waals surface area contributed by atoms with Crippen molar-refractivity contribution in [1.29, 1.82) is 0 Å². The Morgan fingerprint density at radius 2 is 2.08 bits per heavy atom. The van der Waals surface area contributed by atoms with E-state index in [2.05, 4.69) is 50.6 Å². The molecule has 1 aliphatic heterocycles. The molecule has 1 aliphatic carbocycles. The summed E-state index contributed by atoms with van der Waals surface area (Å²) in [5.41, 5.74) is 1.33. The second kappa shape index (κ2) is 6.87. The topological polar surface area (TPSA) is 81.8 Å². The monoisotopic (exact) mass is 355 g/mol. The van der Waals surface area contributed by atoms with Crippen molar-refractivity contribution in [2.45, 2.75) is 51.0 Å². The number of hydrogen-bond acceptors (Lipinski definition) is 6. The molecule has 140 valence electrons. The summed E-state index contributed by atoms with van der Waals surface area (Å²) in [4.78, 5) is 11.6. The third kappa shape index (κ3) is 3.67. The van der Waals surface area contributed by atoms with Crippen LogP contribution in [-0.4, -0.2) is 45.8 Å². The lowest BCUT2D eigenvalue weighted by Gasteiger charge is -2.41. The minimum Gasteiger partial charge on any atom is -0.340 e. The Morgan fingerprint density at radius 3 is 2.85 bits per heavy atom. The van der Waals surface area contributed by atoms with E-state index in [4.69, 9.17) is 4.98 Å². The number of nitrogens with one attached hydrogen (secondary N) is 3. The van der Waals surface area contributed by atoms with Gasteiger partial charge in [0.2, 0.25) is 5.95 Å². The third-order valence-electron chi connectivity index (χ3n) is 5.88. The first-order valence-corrected chi connectivity index (χ1v) is 9.64. The Hall–Kier alpha value is -2.15. The minimum atomic E-state index is 0.114. The van der Waals surface area contributed by atoms with Crippen molar-refractivity contribution in [1.82, 2.24) is 25.5 Å². The highest BCUT2D eigenvalue weighted by Crippen LogP contribution is 2.39. The minimum absolute atomic E-state index is 0.114. The summed E-state index contributed by atoms with van der Waals surface area (Å²) in [5.74, 6) is 3.65. The third-order valence-corrected chi connectivity index (χ3v) is 5.88. The van der Waals surface area contributed by atoms with Gasteiger partial charge in [0.25, 0.3) is 0 Å². The highest BCUT2D eigenvalue weighted by Gasteiger charge is 2.32. The van der Waals surface area contributed by atoms with E-state index >= 15 is 0 Å². The van der Waals surface area contributed by atoms with E-state index < -0.39 is 0 Å². The number of piperidine rings is 1. The largest absolute Gasteiger partial charge is 0.340 e. The van der Waals surface area contributed by atoms with Crippen LogP contribution in [0.4, 0.5) is 17.6 Å². The normalized spacial score (nSPS) is 21.0. The first kappa shape index (κ1) is 17.3. The number of anilines is 3. The van der Waals surface area contributed by atoms with Crippen molar-refractivity contribution >= 4 is 17.6 Å². The number of aromatic amines is 1. The van der Waals surface area contributed by atoms with Gasteiger partial charge in [-0.05, 0) is 58.6 Å². The highest BCUT2D eigenvalue weighted by atomic mass is 15.3. The first-order chi connectivity index (χ1) is 12.5. The molecule has 1 atom stereocenters. The summed E-state index contributed by atoms with van der Waals surface area (Å²) in [6, 6.07) is 3.99. The molecule has 0 radical (unpaired) electrons. The van der Waals surface area contributed by atoms with Gasteiger partial charge in [-0.3, -0.25) is 5.10 Å². The Kier molecular flexibility index (Phi) is 4.56. The van der Waals surface area contributed by atoms with Crippen LogP contribution in [0.2, 0.25) is 0 Å². The van der Waals surface area contributed by atoms with Gasteiger partial charge in [0, 0.05) is 42.5 Å². The molecule has 7 nitrogen and oxygen atoms in total. The van der Waals surface area contributed by atoms with Gasteiger partial charge in [-0.2, -0.15) is 10.1 Å². The standard InChI is InChI=1S/C19H29N7/c1-19(2,20-3)14-5-4-10-26(12-14)18-21-9-8-16(23-18)22-17-11-15(24-25-17)13-6-7-13/h8-9,11,13-14,20H,4-7,10,12H2,1-3H3,(H2,21,22,23,24,25). The van der Waals surface area contributed by atoms with Crippen LogP contribution < -0.4 is 15.5 Å². The summed E-state index contributed by atoms with van der Waals surface area (Å²) in [6.07, 6.45) is 6.75. The molecule has 0 aromatic carbocycles. The van der Waals surface area contributed by atoms with E-state index in [9.17, 15) is 0 Å². The van der Waals surface area contributed by atoms with E-state index in [0.717, 1.165) is 30.7 Å². The molecule has 2 aromatic heterocycles. The van der Waals surface area contributed by atoms with Crippen molar-refractivity contribution in [3.63, 3.8) is 0 Å². The van der Waals surface area contributed by atoms with Crippen molar-refractivity contribution in [2.75, 3.05) is 30.4 Å². The van der Waals surface area contributed by atoms with E-state index in [1.807, 2.05) is 19.3 Å². The van der Waals surface area contributed by atoms with E-state index in [1.54, 1.807) is 0 Å². The quantitative estimate of drug-likeness (QED) is 0.739. The van der Waals surface area contributed by atoms with Gasteiger partial charge >= 0.3 is 0 Å². The molecule has 7 heteroatoms. The maximum atomic E-state index is 4.73. The summed E-state index contributed by atoms with van der Waals surface area (Å²) < 4.78 is 0. The van der Waals surface area contributed by atoms with Gasteiger partial charge in [-0.25, -0.2) is 4.98 Å². The molecule has 0 spiro atoms. The van der Waals surface area contributed by atoms with Crippen molar-refractivity contribution in [2.24, 2.45) is 5.92 Å². The summed E-state index contributed by atoms with van der Waals surface area (Å²) in [6.45, 7) is 6.53. The van der Waals surface area contributed by atoms with Crippen LogP contribution in [0.25, 0.3) is 0 Å². The lowest BCUT2D eigenvalue weighted by Crippen LogP contribution is -2.51. The maximum Gasteiger partial charge on any atom is 0.227 e. The van der Waals surface area contributed by atoms with Gasteiger partial charge in [0.15, 0.2) is 5.82 Å². The molecular weight excluding hydrogens is 326 g/mol. The molecule has 0 amide bonds. The number of aromatic nitrogens is 4. The molecule has 1 saturated heterocycles. The van der Waals surface area contributed by atoms with Gasteiger partial charge in [-0.1, -0.05) is 0 Å². The highest BCUT2D eigenvalue weighted by molar-refractivity contribution is 5.53. The van der Waals surface area contributed by atoms with Gasteiger partial charge in [-0.15, -0.1) is 0 Å². The number of H-pyrrole nitrogens is 1. The fourth-order valence-electron chi connectivity index (χ4n) is 3.66. The van der Waals surface area contributed by atoms with Crippen molar-refractivity contribution in [3.05, 3.63) is 24.0 Å². The van der Waals surface area contributed by atoms with Gasteiger partial charge < -0.3 is 15.5 Å². The Labute approximate surface area is 155 Å². The lowest BCUT2D eigenvalue weighted by molar-refractivity contribution is 0.234. The zero-order valence-corrected chi connectivity index (χ0v) is 15.9. The molecule has 26 heavy (non-hydrogen) atoms. The van der Waals surface area contributed by atoms with Crippen LogP contribution in [-0.2, 0) is 0 Å². The zero-order chi connectivity index (χ0) is 18.1. The summed E-state index contributed by atoms with van der Waals surface area (Å²) >= 11 is 0. The average molecular weight is 355 g/mol. The fourth-order valence-corrected chi connectivity index (χ4v) is 3.66. The fraction of sp³-hybridized carbons (Fsp3) is 0.632. The van der Waals surface area contributed by atoms with Crippen LogP contribution in [0.15, 0.2) is 18.3 Å². The molecule has 4 rings (SSSR count). The molecule has 2 aliphatic rings. The number of rotatable bonds is 6. The van der Waals surface area contributed by atoms with Crippen LogP contribution >= 0.6 is 0 Å². The van der Waals surface area contributed by atoms with Crippen molar-refractivity contribution in [3.8, 4) is 0 Å². The second-order valence-corrected chi connectivity index (χ2v) is 8.11. The molecule has 1 saturated carbocycles. The molecule has 3 N–H and O–H groups in total. The zero-order valence-electron chi connectivity index (χ0n) is 15.9. The Balaban J connectivity index is 1.46. The summed E-state index contributed by atoms with van der Waals surface area (Å²) in [7, 11) is 2.04. The van der Waals surface area contributed by atoms with Gasteiger partial charge in [0.05, 0.1) is 0 Å². The van der Waals surface area contributed by atoms with Crippen molar-refractivity contribution < 1.29 is 0 Å². The predicted molar refractivity (Wildman–Crippen MR) is 104 cm³/mol. The maximum absolute atomic E-state index is 4.73. The Bertz CT molecular complexity index is 750. The van der Waals surface area contributed by atoms with E-state index in [-0.39, 0.29) is 5.54 Å². The van der Waals surface area contributed by atoms with Crippen LogP contribution in [0.3, 0.4) is 0 Å². The SMILES string of the molecule is CNC(C)(C)C1CCCN(c2nccc(Nc3cc(C4CC4)[nH]n3)n2)C1. The molecule has 2 fully saturated rings. The Morgan fingerprint density at radius 1 is 1.23 bits per heavy atom. The number of hydrogen-bond donors (Lipinski definition) is 3. The molecule has 1 unspecified atom stereocenters. The molecular formula is C19H29N7. The molecule has 3 heterocycles. The van der Waals surface area contributed by atoms with Crippen LogP contribution in [0.1, 0.15) is 51.1 Å². The van der Waals surface area contributed by atoms with Crippen LogP contribution in [0, 0.1) is 5.92 Å². The molecule has 0 bridgehead atoms. The average Bonchev–Trinajstić information content (AvgIpc) is 3.42. The van der Waals surface area contributed by atoms with E-state index in [0.29, 0.717) is 11.8 Å².